The summed E-state index contributed by atoms with van der Waals surface area (Å²) in [5, 5.41) is 21.5. The number of carbonyl (C=O) groups excluding carboxylic acids is 2. The molecular weight excluding hydrogens is 474 g/mol. The predicted octanol–water partition coefficient (Wildman–Crippen LogP) is 4.99. The lowest BCUT2D eigenvalue weighted by Gasteiger charge is -2.39. The average Bonchev–Trinajstić information content (AvgIpc) is 3.18. The first-order valence-corrected chi connectivity index (χ1v) is 15.5. The fraction of sp³-hybridized carbons (Fsp3) is 0.571. The van der Waals surface area contributed by atoms with E-state index in [1.165, 1.54) is 0 Å². The fourth-order valence-corrected chi connectivity index (χ4v) is 5.10. The summed E-state index contributed by atoms with van der Waals surface area (Å²) >= 11 is 0. The highest BCUT2D eigenvalue weighted by Gasteiger charge is 2.43. The molecule has 2 N–H and O–H groups in total. The number of nitrogens with zero attached hydrogens (tertiary/aromatic N) is 1. The highest BCUT2D eigenvalue weighted by Crippen LogP contribution is 2.38. The number of hydrogen-bond donors (Lipinski definition) is 2. The van der Waals surface area contributed by atoms with E-state index in [1.807, 2.05) is 50.3 Å². The molecule has 4 atom stereocenters. The van der Waals surface area contributed by atoms with Gasteiger partial charge in [0, 0.05) is 0 Å². The topological polar surface area (TPSA) is 96.3 Å². The minimum atomic E-state index is -2.05. The average molecular weight is 518 g/mol. The Morgan fingerprint density at radius 2 is 1.78 bits per heavy atom. The Kier molecular flexibility index (Phi) is 10.3. The molecule has 1 aromatic carbocycles. The van der Waals surface area contributed by atoms with Crippen LogP contribution in [0.25, 0.3) is 0 Å². The number of aliphatic hydroxyl groups excluding tert-OH is 2. The summed E-state index contributed by atoms with van der Waals surface area (Å²) in [7, 11) is -2.05. The number of hydrogen-bond acceptors (Lipinski definition) is 6. The third kappa shape index (κ3) is 7.38. The van der Waals surface area contributed by atoms with Crippen molar-refractivity contribution in [1.82, 2.24) is 4.90 Å². The van der Waals surface area contributed by atoms with E-state index >= 15 is 0 Å². The van der Waals surface area contributed by atoms with E-state index in [0.717, 1.165) is 16.0 Å². The van der Waals surface area contributed by atoms with E-state index in [2.05, 4.69) is 33.9 Å². The summed E-state index contributed by atoms with van der Waals surface area (Å²) in [6.07, 6.45) is 0.502. The van der Waals surface area contributed by atoms with Gasteiger partial charge >= 0.3 is 6.09 Å². The van der Waals surface area contributed by atoms with Crippen molar-refractivity contribution in [3.63, 3.8) is 0 Å². The van der Waals surface area contributed by atoms with E-state index in [4.69, 9.17) is 9.16 Å². The quantitative estimate of drug-likeness (QED) is 0.335. The molecule has 1 aromatic rings. The van der Waals surface area contributed by atoms with Gasteiger partial charge < -0.3 is 19.4 Å². The largest absolute Gasteiger partial charge is 0.447 e. The van der Waals surface area contributed by atoms with Crippen LogP contribution in [0.15, 0.2) is 53.6 Å². The monoisotopic (exact) mass is 517 g/mol. The number of amides is 2. The summed E-state index contributed by atoms with van der Waals surface area (Å²) in [5.41, 5.74) is 2.46. The lowest BCUT2D eigenvalue weighted by molar-refractivity contribution is -0.142. The van der Waals surface area contributed by atoms with Crippen LogP contribution in [0.5, 0.6) is 0 Å². The van der Waals surface area contributed by atoms with Crippen LogP contribution in [0.2, 0.25) is 18.1 Å². The van der Waals surface area contributed by atoms with Gasteiger partial charge in [0.25, 0.3) is 5.91 Å². The van der Waals surface area contributed by atoms with Gasteiger partial charge in [-0.1, -0.05) is 63.3 Å². The maximum absolute atomic E-state index is 13.1. The number of benzene rings is 1. The normalized spacial score (nSPS) is 20.2. The molecule has 1 heterocycles. The Morgan fingerprint density at radius 3 is 2.33 bits per heavy atom. The summed E-state index contributed by atoms with van der Waals surface area (Å²) in [5.74, 6) is -0.864. The lowest BCUT2D eigenvalue weighted by Crippen LogP contribution is -2.49. The minimum Gasteiger partial charge on any atom is -0.447 e. The van der Waals surface area contributed by atoms with Gasteiger partial charge in [0.1, 0.15) is 12.7 Å². The third-order valence-corrected chi connectivity index (χ3v) is 11.9. The number of ether oxygens (including phenoxy) is 1. The van der Waals surface area contributed by atoms with Crippen LogP contribution in [0.4, 0.5) is 4.79 Å². The molecule has 1 fully saturated rings. The number of carbonyl (C=O) groups is 2. The Balaban J connectivity index is 2.13. The first-order valence-electron chi connectivity index (χ1n) is 12.6. The zero-order valence-electron chi connectivity index (χ0n) is 22.9. The van der Waals surface area contributed by atoms with Crippen molar-refractivity contribution < 1.29 is 29.0 Å². The maximum atomic E-state index is 13.1. The molecule has 0 spiro atoms. The van der Waals surface area contributed by atoms with E-state index in [9.17, 15) is 19.8 Å². The molecule has 0 aromatic heterocycles. The van der Waals surface area contributed by atoms with Gasteiger partial charge in [-0.15, -0.1) is 0 Å². The molecule has 1 aliphatic heterocycles. The van der Waals surface area contributed by atoms with Gasteiger partial charge in [0.15, 0.2) is 14.4 Å². The molecule has 36 heavy (non-hydrogen) atoms. The van der Waals surface area contributed by atoms with Crippen molar-refractivity contribution in [3.05, 3.63) is 59.2 Å². The molecule has 1 saturated heterocycles. The predicted molar refractivity (Wildman–Crippen MR) is 144 cm³/mol. The highest BCUT2D eigenvalue weighted by atomic mass is 28.4. The smallest absolute Gasteiger partial charge is 0.417 e. The Morgan fingerprint density at radius 1 is 1.17 bits per heavy atom. The van der Waals surface area contributed by atoms with Crippen LogP contribution in [0.1, 0.15) is 53.5 Å². The summed E-state index contributed by atoms with van der Waals surface area (Å²) in [6, 6.07) is 8.90. The van der Waals surface area contributed by atoms with Crippen LogP contribution < -0.4 is 0 Å². The zero-order chi connectivity index (χ0) is 27.3. The third-order valence-electron chi connectivity index (χ3n) is 7.39. The Hall–Kier alpha value is -2.26. The van der Waals surface area contributed by atoms with Crippen molar-refractivity contribution in [2.75, 3.05) is 6.61 Å². The second kappa shape index (κ2) is 12.3. The molecule has 2 rings (SSSR count). The first-order chi connectivity index (χ1) is 16.7. The molecule has 0 bridgehead atoms. The van der Waals surface area contributed by atoms with Crippen LogP contribution in [-0.4, -0.2) is 66.4 Å². The molecule has 0 saturated carbocycles. The van der Waals surface area contributed by atoms with Crippen molar-refractivity contribution in [3.8, 4) is 0 Å². The summed E-state index contributed by atoms with van der Waals surface area (Å²) < 4.78 is 11.7. The maximum Gasteiger partial charge on any atom is 0.417 e. The number of imide groups is 1. The zero-order valence-corrected chi connectivity index (χ0v) is 23.9. The second-order valence-corrected chi connectivity index (χ2v) is 15.9. The number of rotatable bonds is 10. The van der Waals surface area contributed by atoms with Crippen molar-refractivity contribution >= 4 is 20.3 Å². The van der Waals surface area contributed by atoms with Crippen LogP contribution in [-0.2, 0) is 20.4 Å². The molecular formula is C28H43NO6Si. The molecule has 8 heteroatoms. The molecule has 0 radical (unpaired) electrons. The van der Waals surface area contributed by atoms with Crippen molar-refractivity contribution in [2.45, 2.75) is 96.9 Å². The molecule has 1 aliphatic rings. The van der Waals surface area contributed by atoms with E-state index in [-0.39, 0.29) is 17.7 Å². The Bertz CT molecular complexity index is 966. The molecule has 0 unspecified atom stereocenters. The van der Waals surface area contributed by atoms with E-state index < -0.39 is 38.6 Å². The molecule has 200 valence electrons. The van der Waals surface area contributed by atoms with Crippen molar-refractivity contribution in [1.29, 1.82) is 0 Å². The van der Waals surface area contributed by atoms with E-state index in [1.54, 1.807) is 13.0 Å². The number of allylic oxidation sites excluding steroid dienone is 1. The highest BCUT2D eigenvalue weighted by molar-refractivity contribution is 6.74. The van der Waals surface area contributed by atoms with Crippen molar-refractivity contribution in [2.24, 2.45) is 0 Å². The van der Waals surface area contributed by atoms with Crippen LogP contribution >= 0.6 is 0 Å². The van der Waals surface area contributed by atoms with Gasteiger partial charge in [-0.3, -0.25) is 4.79 Å². The van der Waals surface area contributed by atoms with Crippen LogP contribution in [0.3, 0.4) is 0 Å². The molecule has 2 amide bonds. The van der Waals surface area contributed by atoms with Gasteiger partial charge in [-0.25, -0.2) is 9.69 Å². The van der Waals surface area contributed by atoms with E-state index in [0.29, 0.717) is 18.4 Å². The number of cyclic esters (lactones) is 1. The summed E-state index contributed by atoms with van der Waals surface area (Å²) in [4.78, 5) is 26.3. The fourth-order valence-electron chi connectivity index (χ4n) is 3.75. The lowest BCUT2D eigenvalue weighted by atomic mass is 10.00. The number of aliphatic hydroxyl groups is 2. The first kappa shape index (κ1) is 30.0. The van der Waals surface area contributed by atoms with Crippen LogP contribution in [0, 0.1) is 0 Å². The SMILES string of the molecule is C/C=C(/C)[C@@H](C/C=C(\C)[C@@H](O)[C@H](O)C(=O)N1C(=O)OC[C@@H]1Cc1ccccc1)O[Si](C)(C)C(C)(C)C. The molecule has 0 aliphatic carbocycles. The van der Waals surface area contributed by atoms with Gasteiger partial charge in [-0.2, -0.15) is 0 Å². The van der Waals surface area contributed by atoms with Gasteiger partial charge in [0.2, 0.25) is 0 Å². The Labute approximate surface area is 216 Å². The summed E-state index contributed by atoms with van der Waals surface area (Å²) in [6.45, 7) is 16.6. The second-order valence-electron chi connectivity index (χ2n) is 11.1. The molecule has 7 nitrogen and oxygen atoms in total. The van der Waals surface area contributed by atoms with Gasteiger partial charge in [0.05, 0.1) is 12.1 Å². The standard InChI is InChI=1S/C28H43NO6Si/c1-9-19(2)23(35-36(7,8)28(4,5)6)16-15-20(3)24(30)25(31)26(32)29-22(18-34-27(29)33)17-21-13-11-10-12-14-21/h9-15,22-25,30-31H,16-18H2,1-8H3/b19-9-,20-15+/t22-,23+,24+,25-/m0/s1. The minimum absolute atomic E-state index is 0.0424. The van der Waals surface area contributed by atoms with Gasteiger partial charge in [-0.05, 0) is 68.5 Å².